The summed E-state index contributed by atoms with van der Waals surface area (Å²) < 4.78 is 4.96. The highest BCUT2D eigenvalue weighted by molar-refractivity contribution is 6.06. The highest BCUT2D eigenvalue weighted by Gasteiger charge is 2.57. The van der Waals surface area contributed by atoms with E-state index in [-0.39, 0.29) is 17.8 Å². The molecule has 2 aliphatic heterocycles. The minimum Gasteiger partial charge on any atom is -0.469 e. The van der Waals surface area contributed by atoms with E-state index in [1.165, 1.54) is 7.11 Å². The first-order valence-corrected chi connectivity index (χ1v) is 8.43. The SMILES string of the molecule is COC(=O)C1CN(Cc2ccccc2)C2(C1)C(=O)Nc1ccccc12. The van der Waals surface area contributed by atoms with Crippen LogP contribution in [0, 0.1) is 5.92 Å². The molecule has 0 aromatic heterocycles. The van der Waals surface area contributed by atoms with Crippen molar-refractivity contribution in [3.8, 4) is 0 Å². The van der Waals surface area contributed by atoms with Gasteiger partial charge in [0, 0.05) is 24.3 Å². The number of carbonyl (C=O) groups is 2. The molecule has 5 nitrogen and oxygen atoms in total. The maximum Gasteiger partial charge on any atom is 0.310 e. The average Bonchev–Trinajstić information content (AvgIpc) is 3.15. The first-order chi connectivity index (χ1) is 12.1. The Hall–Kier alpha value is -2.66. The first-order valence-electron chi connectivity index (χ1n) is 8.43. The van der Waals surface area contributed by atoms with Gasteiger partial charge in [-0.05, 0) is 18.1 Å². The zero-order valence-electron chi connectivity index (χ0n) is 14.1. The molecule has 2 aliphatic rings. The molecule has 0 bridgehead atoms. The van der Waals surface area contributed by atoms with Crippen LogP contribution < -0.4 is 5.32 Å². The Bertz CT molecular complexity index is 821. The number of carbonyl (C=O) groups excluding carboxylic acids is 2. The number of para-hydroxylation sites is 1. The lowest BCUT2D eigenvalue weighted by molar-refractivity contribution is -0.145. The van der Waals surface area contributed by atoms with Crippen LogP contribution in [0.3, 0.4) is 0 Å². The minimum atomic E-state index is -0.814. The molecule has 2 unspecified atom stereocenters. The van der Waals surface area contributed by atoms with Gasteiger partial charge in [-0.25, -0.2) is 0 Å². The van der Waals surface area contributed by atoms with E-state index in [1.54, 1.807) is 0 Å². The summed E-state index contributed by atoms with van der Waals surface area (Å²) in [5, 5.41) is 2.99. The van der Waals surface area contributed by atoms with Crippen LogP contribution in [-0.4, -0.2) is 30.4 Å². The van der Waals surface area contributed by atoms with Crippen LogP contribution in [0.25, 0.3) is 0 Å². The summed E-state index contributed by atoms with van der Waals surface area (Å²) in [4.78, 5) is 27.3. The highest BCUT2D eigenvalue weighted by Crippen LogP contribution is 2.49. The molecular weight excluding hydrogens is 316 g/mol. The molecule has 128 valence electrons. The molecule has 25 heavy (non-hydrogen) atoms. The number of esters is 1. The quantitative estimate of drug-likeness (QED) is 0.875. The number of benzene rings is 2. The third kappa shape index (κ3) is 2.43. The van der Waals surface area contributed by atoms with E-state index < -0.39 is 5.54 Å². The Morgan fingerprint density at radius 1 is 1.20 bits per heavy atom. The Morgan fingerprint density at radius 2 is 1.92 bits per heavy atom. The summed E-state index contributed by atoms with van der Waals surface area (Å²) in [5.41, 5.74) is 2.08. The molecule has 2 atom stereocenters. The van der Waals surface area contributed by atoms with Gasteiger partial charge in [0.25, 0.3) is 0 Å². The number of nitrogens with zero attached hydrogens (tertiary/aromatic N) is 1. The number of hydrogen-bond acceptors (Lipinski definition) is 4. The number of fused-ring (bicyclic) bond motifs is 2. The summed E-state index contributed by atoms with van der Waals surface area (Å²) in [5.74, 6) is -0.631. The smallest absolute Gasteiger partial charge is 0.310 e. The fourth-order valence-corrected chi connectivity index (χ4v) is 4.12. The van der Waals surface area contributed by atoms with Crippen molar-refractivity contribution in [3.05, 3.63) is 65.7 Å². The molecule has 1 spiro atoms. The Morgan fingerprint density at radius 3 is 2.68 bits per heavy atom. The number of rotatable bonds is 3. The van der Waals surface area contributed by atoms with Crippen molar-refractivity contribution >= 4 is 17.6 Å². The number of likely N-dealkylation sites (tertiary alicyclic amines) is 1. The van der Waals surface area contributed by atoms with E-state index in [1.807, 2.05) is 54.6 Å². The van der Waals surface area contributed by atoms with Crippen LogP contribution in [0.2, 0.25) is 0 Å². The normalized spacial score (nSPS) is 25.0. The predicted molar refractivity (Wildman–Crippen MR) is 93.7 cm³/mol. The van der Waals surface area contributed by atoms with E-state index in [2.05, 4.69) is 10.2 Å². The van der Waals surface area contributed by atoms with Gasteiger partial charge < -0.3 is 10.1 Å². The van der Waals surface area contributed by atoms with Gasteiger partial charge >= 0.3 is 5.97 Å². The minimum absolute atomic E-state index is 0.0592. The van der Waals surface area contributed by atoms with Crippen molar-refractivity contribution in [1.82, 2.24) is 4.90 Å². The topological polar surface area (TPSA) is 58.6 Å². The second-order valence-electron chi connectivity index (χ2n) is 6.65. The summed E-state index contributed by atoms with van der Waals surface area (Å²) in [7, 11) is 1.40. The summed E-state index contributed by atoms with van der Waals surface area (Å²) in [6.45, 7) is 1.11. The third-order valence-corrected chi connectivity index (χ3v) is 5.27. The van der Waals surface area contributed by atoms with Crippen molar-refractivity contribution in [2.75, 3.05) is 19.0 Å². The van der Waals surface area contributed by atoms with Gasteiger partial charge in [0.05, 0.1) is 13.0 Å². The van der Waals surface area contributed by atoms with Crippen LogP contribution in [0.4, 0.5) is 5.69 Å². The Kier molecular flexibility index (Phi) is 3.81. The van der Waals surface area contributed by atoms with E-state index in [0.29, 0.717) is 19.5 Å². The Labute approximate surface area is 146 Å². The van der Waals surface area contributed by atoms with Gasteiger partial charge in [0.15, 0.2) is 0 Å². The fraction of sp³-hybridized carbons (Fsp3) is 0.300. The maximum atomic E-state index is 13.0. The third-order valence-electron chi connectivity index (χ3n) is 5.27. The zero-order valence-corrected chi connectivity index (χ0v) is 14.1. The predicted octanol–water partition coefficient (Wildman–Crippen LogP) is 2.53. The number of anilines is 1. The standard InChI is InChI=1S/C20H20N2O3/c1-25-18(23)15-11-20(16-9-5-6-10-17(16)21-19(20)24)22(13-15)12-14-7-3-2-4-8-14/h2-10,15H,11-13H2,1H3,(H,21,24). The van der Waals surface area contributed by atoms with E-state index in [0.717, 1.165) is 16.8 Å². The van der Waals surface area contributed by atoms with Crippen LogP contribution >= 0.6 is 0 Å². The van der Waals surface area contributed by atoms with Crippen molar-refractivity contribution in [3.63, 3.8) is 0 Å². The average molecular weight is 336 g/mol. The van der Waals surface area contributed by atoms with Crippen LogP contribution in [0.15, 0.2) is 54.6 Å². The van der Waals surface area contributed by atoms with Gasteiger partial charge in [-0.2, -0.15) is 0 Å². The molecule has 2 aromatic carbocycles. The fourth-order valence-electron chi connectivity index (χ4n) is 4.12. The van der Waals surface area contributed by atoms with Crippen molar-refractivity contribution in [1.29, 1.82) is 0 Å². The van der Waals surface area contributed by atoms with Crippen LogP contribution in [-0.2, 0) is 26.4 Å². The molecule has 0 aliphatic carbocycles. The molecule has 1 fully saturated rings. The van der Waals surface area contributed by atoms with Gasteiger partial charge in [-0.1, -0.05) is 48.5 Å². The summed E-state index contributed by atoms with van der Waals surface area (Å²) >= 11 is 0. The van der Waals surface area contributed by atoms with Gasteiger partial charge in [0.1, 0.15) is 5.54 Å². The molecule has 4 rings (SSSR count). The van der Waals surface area contributed by atoms with E-state index >= 15 is 0 Å². The van der Waals surface area contributed by atoms with Crippen LogP contribution in [0.1, 0.15) is 17.5 Å². The molecule has 2 aromatic rings. The number of methoxy groups -OCH3 is 1. The highest BCUT2D eigenvalue weighted by atomic mass is 16.5. The van der Waals surface area contributed by atoms with Crippen molar-refractivity contribution in [2.45, 2.75) is 18.5 Å². The number of amides is 1. The molecule has 1 N–H and O–H groups in total. The zero-order chi connectivity index (χ0) is 17.4. The van der Waals surface area contributed by atoms with E-state index in [4.69, 9.17) is 4.74 Å². The second-order valence-corrected chi connectivity index (χ2v) is 6.65. The van der Waals surface area contributed by atoms with Crippen LogP contribution in [0.5, 0.6) is 0 Å². The van der Waals surface area contributed by atoms with Crippen molar-refractivity contribution < 1.29 is 14.3 Å². The number of hydrogen-bond donors (Lipinski definition) is 1. The van der Waals surface area contributed by atoms with Gasteiger partial charge in [0.2, 0.25) is 5.91 Å². The molecular formula is C20H20N2O3. The lowest BCUT2D eigenvalue weighted by Gasteiger charge is -2.33. The molecule has 1 amide bonds. The van der Waals surface area contributed by atoms with Gasteiger partial charge in [-0.15, -0.1) is 0 Å². The monoisotopic (exact) mass is 336 g/mol. The lowest BCUT2D eigenvalue weighted by atomic mass is 9.85. The molecule has 0 radical (unpaired) electrons. The summed E-state index contributed by atoms with van der Waals surface area (Å²) in [6.07, 6.45) is 0.440. The maximum absolute atomic E-state index is 13.0. The molecule has 1 saturated heterocycles. The molecule has 0 saturated carbocycles. The van der Waals surface area contributed by atoms with Gasteiger partial charge in [-0.3, -0.25) is 14.5 Å². The van der Waals surface area contributed by atoms with Crippen molar-refractivity contribution in [2.24, 2.45) is 5.92 Å². The molecule has 5 heteroatoms. The number of ether oxygens (including phenoxy) is 1. The number of nitrogens with one attached hydrogen (secondary N) is 1. The molecule has 2 heterocycles. The Balaban J connectivity index is 1.77. The first kappa shape index (κ1) is 15.8. The summed E-state index contributed by atoms with van der Waals surface area (Å²) in [6, 6.07) is 17.8. The van der Waals surface area contributed by atoms with E-state index in [9.17, 15) is 9.59 Å². The largest absolute Gasteiger partial charge is 0.469 e. The second kappa shape index (κ2) is 6.01. The lowest BCUT2D eigenvalue weighted by Crippen LogP contribution is -2.46.